The Morgan fingerprint density at radius 2 is 1.77 bits per heavy atom. The Balaban J connectivity index is 1.37. The fraction of sp³-hybridized carbons (Fsp3) is 0.286. The first-order valence-corrected chi connectivity index (χ1v) is 11.6. The van der Waals surface area contributed by atoms with Crippen molar-refractivity contribution in [2.75, 3.05) is 18.4 Å². The first-order valence-electron chi connectivity index (χ1n) is 9.80. The van der Waals surface area contributed by atoms with Gasteiger partial charge in [0.25, 0.3) is 5.89 Å². The molecule has 0 aliphatic carbocycles. The second-order valence-electron chi connectivity index (χ2n) is 7.37. The SMILES string of the molecule is Cc1ccc(S(=O)(=O)N2CCC(C(=O)Nc3nnc(-c4ccccc4Cl)o3)CC2)cc1. The van der Waals surface area contributed by atoms with Gasteiger partial charge in [-0.15, -0.1) is 5.10 Å². The zero-order chi connectivity index (χ0) is 22.0. The molecule has 10 heteroatoms. The molecule has 2 heterocycles. The van der Waals surface area contributed by atoms with Gasteiger partial charge in [0, 0.05) is 19.0 Å². The molecule has 2 aromatic carbocycles. The highest BCUT2D eigenvalue weighted by Gasteiger charge is 2.32. The Hall–Kier alpha value is -2.75. The van der Waals surface area contributed by atoms with Crippen LogP contribution in [-0.2, 0) is 14.8 Å². The van der Waals surface area contributed by atoms with Crippen molar-refractivity contribution in [3.8, 4) is 11.5 Å². The Bertz CT molecular complexity index is 1190. The predicted molar refractivity (Wildman–Crippen MR) is 116 cm³/mol. The van der Waals surface area contributed by atoms with Gasteiger partial charge >= 0.3 is 6.01 Å². The van der Waals surface area contributed by atoms with Gasteiger partial charge in [-0.3, -0.25) is 10.1 Å². The van der Waals surface area contributed by atoms with Crippen LogP contribution in [0.1, 0.15) is 18.4 Å². The molecule has 1 saturated heterocycles. The van der Waals surface area contributed by atoms with Crippen LogP contribution >= 0.6 is 11.6 Å². The number of sulfonamides is 1. The molecule has 1 aliphatic heterocycles. The first kappa shape index (κ1) is 21.5. The number of piperidine rings is 1. The van der Waals surface area contributed by atoms with Gasteiger partial charge in [-0.2, -0.15) is 4.31 Å². The van der Waals surface area contributed by atoms with Crippen molar-refractivity contribution < 1.29 is 17.6 Å². The Morgan fingerprint density at radius 1 is 1.10 bits per heavy atom. The summed E-state index contributed by atoms with van der Waals surface area (Å²) >= 11 is 6.13. The van der Waals surface area contributed by atoms with Crippen molar-refractivity contribution >= 4 is 33.5 Å². The van der Waals surface area contributed by atoms with E-state index < -0.39 is 10.0 Å². The predicted octanol–water partition coefficient (Wildman–Crippen LogP) is 3.74. The summed E-state index contributed by atoms with van der Waals surface area (Å²) in [4.78, 5) is 12.9. The van der Waals surface area contributed by atoms with Crippen LogP contribution in [-0.4, -0.2) is 41.9 Å². The highest BCUT2D eigenvalue weighted by Crippen LogP contribution is 2.28. The summed E-state index contributed by atoms with van der Waals surface area (Å²) in [5.41, 5.74) is 1.57. The number of nitrogens with zero attached hydrogens (tertiary/aromatic N) is 3. The number of halogens is 1. The van der Waals surface area contributed by atoms with E-state index in [1.807, 2.05) is 6.92 Å². The molecule has 162 valence electrons. The zero-order valence-electron chi connectivity index (χ0n) is 16.8. The molecular weight excluding hydrogens is 440 g/mol. The van der Waals surface area contributed by atoms with E-state index in [2.05, 4.69) is 15.5 Å². The Labute approximate surface area is 185 Å². The van der Waals surface area contributed by atoms with E-state index >= 15 is 0 Å². The summed E-state index contributed by atoms with van der Waals surface area (Å²) in [6, 6.07) is 13.8. The molecule has 1 fully saturated rings. The molecule has 3 aromatic rings. The molecular formula is C21H21ClN4O4S. The quantitative estimate of drug-likeness (QED) is 0.621. The van der Waals surface area contributed by atoms with Crippen LogP contribution in [0.2, 0.25) is 5.02 Å². The molecule has 0 atom stereocenters. The number of amides is 1. The number of aryl methyl sites for hydroxylation is 1. The molecule has 8 nitrogen and oxygen atoms in total. The van der Waals surface area contributed by atoms with E-state index in [0.29, 0.717) is 23.4 Å². The normalized spacial score (nSPS) is 15.7. The fourth-order valence-electron chi connectivity index (χ4n) is 3.44. The average Bonchev–Trinajstić information content (AvgIpc) is 3.22. The number of carbonyl (C=O) groups is 1. The molecule has 1 aliphatic rings. The summed E-state index contributed by atoms with van der Waals surface area (Å²) < 4.78 is 32.6. The maximum absolute atomic E-state index is 12.8. The number of anilines is 1. The summed E-state index contributed by atoms with van der Waals surface area (Å²) in [7, 11) is -3.57. The third kappa shape index (κ3) is 4.63. The number of aromatic nitrogens is 2. The third-order valence-electron chi connectivity index (χ3n) is 5.24. The van der Waals surface area contributed by atoms with E-state index in [9.17, 15) is 13.2 Å². The van der Waals surface area contributed by atoms with Crippen molar-refractivity contribution in [2.24, 2.45) is 5.92 Å². The van der Waals surface area contributed by atoms with E-state index in [-0.39, 0.29) is 41.7 Å². The lowest BCUT2D eigenvalue weighted by Gasteiger charge is -2.30. The molecule has 0 saturated carbocycles. The number of carbonyl (C=O) groups excluding carboxylic acids is 1. The summed E-state index contributed by atoms with van der Waals surface area (Å²) in [5, 5.41) is 10.9. The van der Waals surface area contributed by atoms with Crippen molar-refractivity contribution in [3.63, 3.8) is 0 Å². The molecule has 1 amide bonds. The van der Waals surface area contributed by atoms with Crippen molar-refractivity contribution in [3.05, 3.63) is 59.1 Å². The minimum absolute atomic E-state index is 0.0189. The number of nitrogens with one attached hydrogen (secondary N) is 1. The van der Waals surface area contributed by atoms with Gasteiger partial charge in [0.15, 0.2) is 0 Å². The van der Waals surface area contributed by atoms with Crippen LogP contribution in [0.15, 0.2) is 57.8 Å². The molecule has 4 rings (SSSR count). The number of hydrogen-bond donors (Lipinski definition) is 1. The van der Waals surface area contributed by atoms with Crippen LogP contribution < -0.4 is 5.32 Å². The smallest absolute Gasteiger partial charge is 0.322 e. The molecule has 0 radical (unpaired) electrons. The van der Waals surface area contributed by atoms with E-state index in [1.54, 1.807) is 48.5 Å². The standard InChI is InChI=1S/C21H21ClN4O4S/c1-14-6-8-16(9-7-14)31(28,29)26-12-10-15(11-13-26)19(27)23-21-25-24-20(30-21)17-4-2-3-5-18(17)22/h2-9,15H,10-13H2,1H3,(H,23,25,27). The molecule has 1 aromatic heterocycles. The number of rotatable bonds is 5. The van der Waals surface area contributed by atoms with Crippen LogP contribution in [0.3, 0.4) is 0 Å². The number of hydrogen-bond acceptors (Lipinski definition) is 6. The lowest BCUT2D eigenvalue weighted by Crippen LogP contribution is -2.41. The summed E-state index contributed by atoms with van der Waals surface area (Å²) in [6.07, 6.45) is 0.810. The monoisotopic (exact) mass is 460 g/mol. The van der Waals surface area contributed by atoms with Gasteiger partial charge in [-0.05, 0) is 44.0 Å². The van der Waals surface area contributed by atoms with Crippen LogP contribution in [0.4, 0.5) is 6.01 Å². The third-order valence-corrected chi connectivity index (χ3v) is 7.49. The largest absolute Gasteiger partial charge is 0.403 e. The highest BCUT2D eigenvalue weighted by atomic mass is 35.5. The lowest BCUT2D eigenvalue weighted by molar-refractivity contribution is -0.121. The minimum Gasteiger partial charge on any atom is -0.403 e. The van der Waals surface area contributed by atoms with E-state index in [4.69, 9.17) is 16.0 Å². The molecule has 31 heavy (non-hydrogen) atoms. The molecule has 1 N–H and O–H groups in total. The minimum atomic E-state index is -3.57. The summed E-state index contributed by atoms with van der Waals surface area (Å²) in [5.74, 6) is -0.415. The maximum atomic E-state index is 12.8. The topological polar surface area (TPSA) is 105 Å². The van der Waals surface area contributed by atoms with Gasteiger partial charge in [-0.1, -0.05) is 46.5 Å². The lowest BCUT2D eigenvalue weighted by atomic mass is 9.97. The summed E-state index contributed by atoms with van der Waals surface area (Å²) in [6.45, 7) is 2.44. The average molecular weight is 461 g/mol. The van der Waals surface area contributed by atoms with Crippen molar-refractivity contribution in [2.45, 2.75) is 24.7 Å². The van der Waals surface area contributed by atoms with E-state index in [1.165, 1.54) is 4.31 Å². The van der Waals surface area contributed by atoms with Crippen molar-refractivity contribution in [1.29, 1.82) is 0 Å². The van der Waals surface area contributed by atoms with Crippen LogP contribution in [0, 0.1) is 12.8 Å². The van der Waals surface area contributed by atoms with Crippen LogP contribution in [0.25, 0.3) is 11.5 Å². The molecule has 0 bridgehead atoms. The highest BCUT2D eigenvalue weighted by molar-refractivity contribution is 7.89. The molecule has 0 unspecified atom stereocenters. The van der Waals surface area contributed by atoms with E-state index in [0.717, 1.165) is 5.56 Å². The fourth-order valence-corrected chi connectivity index (χ4v) is 5.13. The van der Waals surface area contributed by atoms with Crippen LogP contribution in [0.5, 0.6) is 0 Å². The van der Waals surface area contributed by atoms with Gasteiger partial charge in [0.05, 0.1) is 15.5 Å². The van der Waals surface area contributed by atoms with Gasteiger partial charge in [0.1, 0.15) is 0 Å². The maximum Gasteiger partial charge on any atom is 0.322 e. The van der Waals surface area contributed by atoms with Crippen molar-refractivity contribution in [1.82, 2.24) is 14.5 Å². The number of benzene rings is 2. The Morgan fingerprint density at radius 3 is 2.45 bits per heavy atom. The second-order valence-corrected chi connectivity index (χ2v) is 9.72. The first-order chi connectivity index (χ1) is 14.8. The van der Waals surface area contributed by atoms with Gasteiger partial charge in [-0.25, -0.2) is 8.42 Å². The Kier molecular flexibility index (Phi) is 6.08. The van der Waals surface area contributed by atoms with Gasteiger partial charge < -0.3 is 4.42 Å². The second kappa shape index (κ2) is 8.78. The molecule has 0 spiro atoms. The van der Waals surface area contributed by atoms with Gasteiger partial charge in [0.2, 0.25) is 15.9 Å². The zero-order valence-corrected chi connectivity index (χ0v) is 18.4.